The monoisotopic (exact) mass is 180 g/mol. The molecule has 13 heavy (non-hydrogen) atoms. The van der Waals surface area contributed by atoms with Crippen LogP contribution in [0.15, 0.2) is 35.7 Å². The summed E-state index contributed by atoms with van der Waals surface area (Å²) in [5.41, 5.74) is 7.57. The molecular formula is C11H20N2. The van der Waals surface area contributed by atoms with E-state index in [0.29, 0.717) is 5.92 Å². The van der Waals surface area contributed by atoms with Crippen molar-refractivity contribution in [2.24, 2.45) is 11.7 Å². The van der Waals surface area contributed by atoms with Crippen LogP contribution in [0.4, 0.5) is 0 Å². The van der Waals surface area contributed by atoms with Crippen LogP contribution in [0.2, 0.25) is 0 Å². The smallest absolute Gasteiger partial charge is 0.0567 e. The number of nitrogens with two attached hydrogens (primary N) is 1. The highest BCUT2D eigenvalue weighted by atomic mass is 14.8. The first kappa shape index (κ1) is 11.8. The molecule has 0 aromatic carbocycles. The Morgan fingerprint density at radius 3 is 2.31 bits per heavy atom. The van der Waals surface area contributed by atoms with Gasteiger partial charge in [-0.2, -0.15) is 0 Å². The minimum atomic E-state index is 0.530. The molecule has 2 heteroatoms. The van der Waals surface area contributed by atoms with Gasteiger partial charge in [0, 0.05) is 7.05 Å². The van der Waals surface area contributed by atoms with E-state index >= 15 is 0 Å². The van der Waals surface area contributed by atoms with Crippen molar-refractivity contribution in [2.75, 3.05) is 7.05 Å². The van der Waals surface area contributed by atoms with Crippen LogP contribution < -0.4 is 11.1 Å². The summed E-state index contributed by atoms with van der Waals surface area (Å²) in [6.45, 7) is 6.22. The Morgan fingerprint density at radius 2 is 1.92 bits per heavy atom. The van der Waals surface area contributed by atoms with Gasteiger partial charge in [-0.3, -0.25) is 0 Å². The van der Waals surface area contributed by atoms with Crippen molar-refractivity contribution in [1.29, 1.82) is 0 Å². The molecule has 0 atom stereocenters. The van der Waals surface area contributed by atoms with E-state index < -0.39 is 0 Å². The van der Waals surface area contributed by atoms with Gasteiger partial charge in [-0.1, -0.05) is 26.0 Å². The van der Waals surface area contributed by atoms with Crippen LogP contribution >= 0.6 is 0 Å². The zero-order chi connectivity index (χ0) is 10.3. The highest BCUT2D eigenvalue weighted by Crippen LogP contribution is 2.01. The van der Waals surface area contributed by atoms with Crippen molar-refractivity contribution in [1.82, 2.24) is 5.32 Å². The lowest BCUT2D eigenvalue weighted by Gasteiger charge is -2.04. The van der Waals surface area contributed by atoms with Crippen molar-refractivity contribution in [3.63, 3.8) is 0 Å². The van der Waals surface area contributed by atoms with Gasteiger partial charge in [0.2, 0.25) is 0 Å². The molecule has 0 bridgehead atoms. The molecule has 0 aromatic rings. The van der Waals surface area contributed by atoms with Crippen molar-refractivity contribution >= 4 is 0 Å². The van der Waals surface area contributed by atoms with Crippen LogP contribution in [-0.2, 0) is 0 Å². The van der Waals surface area contributed by atoms with Gasteiger partial charge in [-0.15, -0.1) is 0 Å². The molecule has 0 radical (unpaired) electrons. The molecule has 0 heterocycles. The largest absolute Gasteiger partial charge is 0.397 e. The van der Waals surface area contributed by atoms with E-state index in [1.165, 1.54) is 0 Å². The summed E-state index contributed by atoms with van der Waals surface area (Å²) in [4.78, 5) is 0. The fraction of sp³-hybridized carbons (Fsp3) is 0.455. The standard InChI is InChI=1S/C11H20N2/c1-5-6-11(13-4)10(12)8-7-9(2)3/h5-9,13H,12H2,1-4H3/b6-5-,8-7-,11-10-. The molecule has 0 spiro atoms. The van der Waals surface area contributed by atoms with Crippen molar-refractivity contribution in [3.05, 3.63) is 35.7 Å². The summed E-state index contributed by atoms with van der Waals surface area (Å²) < 4.78 is 0. The summed E-state index contributed by atoms with van der Waals surface area (Å²) in [6, 6.07) is 0. The lowest BCUT2D eigenvalue weighted by atomic mass is 10.2. The Morgan fingerprint density at radius 1 is 1.31 bits per heavy atom. The quantitative estimate of drug-likeness (QED) is 0.651. The second-order valence-corrected chi connectivity index (χ2v) is 3.22. The van der Waals surface area contributed by atoms with E-state index in [9.17, 15) is 0 Å². The average molecular weight is 180 g/mol. The average Bonchev–Trinajstić information content (AvgIpc) is 2.10. The Balaban J connectivity index is 4.56. The maximum atomic E-state index is 5.84. The number of hydrogen-bond acceptors (Lipinski definition) is 2. The maximum Gasteiger partial charge on any atom is 0.0567 e. The van der Waals surface area contributed by atoms with Gasteiger partial charge in [0.25, 0.3) is 0 Å². The molecule has 0 aromatic heterocycles. The lowest BCUT2D eigenvalue weighted by Crippen LogP contribution is -2.11. The molecule has 2 nitrogen and oxygen atoms in total. The Bertz CT molecular complexity index is 222. The molecular weight excluding hydrogens is 160 g/mol. The molecule has 0 amide bonds. The van der Waals surface area contributed by atoms with E-state index in [1.807, 2.05) is 32.2 Å². The van der Waals surface area contributed by atoms with Gasteiger partial charge in [-0.25, -0.2) is 0 Å². The highest BCUT2D eigenvalue weighted by Gasteiger charge is 1.93. The minimum Gasteiger partial charge on any atom is -0.397 e. The molecule has 0 aliphatic carbocycles. The van der Waals surface area contributed by atoms with Crippen LogP contribution in [0, 0.1) is 5.92 Å². The number of rotatable bonds is 4. The number of hydrogen-bond donors (Lipinski definition) is 2. The van der Waals surface area contributed by atoms with Gasteiger partial charge in [0.1, 0.15) is 0 Å². The van der Waals surface area contributed by atoms with E-state index in [2.05, 4.69) is 25.2 Å². The summed E-state index contributed by atoms with van der Waals surface area (Å²) >= 11 is 0. The zero-order valence-electron chi connectivity index (χ0n) is 8.96. The fourth-order valence-corrected chi connectivity index (χ4v) is 0.876. The molecule has 0 aliphatic heterocycles. The van der Waals surface area contributed by atoms with E-state index in [4.69, 9.17) is 5.73 Å². The molecule has 0 aliphatic rings. The van der Waals surface area contributed by atoms with Crippen LogP contribution in [-0.4, -0.2) is 7.05 Å². The van der Waals surface area contributed by atoms with Gasteiger partial charge in [0.15, 0.2) is 0 Å². The third kappa shape index (κ3) is 5.12. The summed E-state index contributed by atoms with van der Waals surface area (Å²) in [6.07, 6.45) is 7.94. The molecule has 0 saturated carbocycles. The predicted molar refractivity (Wildman–Crippen MR) is 59.1 cm³/mol. The van der Waals surface area contributed by atoms with Crippen molar-refractivity contribution in [3.8, 4) is 0 Å². The van der Waals surface area contributed by atoms with Gasteiger partial charge >= 0.3 is 0 Å². The molecule has 3 N–H and O–H groups in total. The van der Waals surface area contributed by atoms with E-state index in [-0.39, 0.29) is 0 Å². The Hall–Kier alpha value is -1.18. The molecule has 0 fully saturated rings. The predicted octanol–water partition coefficient (Wildman–Crippen LogP) is 2.16. The van der Waals surface area contributed by atoms with Crippen molar-refractivity contribution < 1.29 is 0 Å². The third-order valence-electron chi connectivity index (χ3n) is 1.57. The van der Waals surface area contributed by atoms with Gasteiger partial charge in [-0.05, 0) is 25.0 Å². The first-order valence-corrected chi connectivity index (χ1v) is 4.60. The SMILES string of the molecule is C\C=C/C(NC)=C(N)\C=C/C(C)C. The second kappa shape index (κ2) is 6.35. The molecule has 74 valence electrons. The Labute approximate surface area is 81.2 Å². The fourth-order valence-electron chi connectivity index (χ4n) is 0.876. The molecule has 0 unspecified atom stereocenters. The maximum absolute atomic E-state index is 5.84. The number of likely N-dealkylation sites (N-methyl/N-ethyl adjacent to an activating group) is 1. The summed E-state index contributed by atoms with van der Waals surface area (Å²) in [5, 5.41) is 3.04. The van der Waals surface area contributed by atoms with E-state index in [1.54, 1.807) is 0 Å². The molecule has 0 rings (SSSR count). The first-order valence-electron chi connectivity index (χ1n) is 4.60. The minimum absolute atomic E-state index is 0.530. The Kier molecular flexibility index (Phi) is 5.77. The van der Waals surface area contributed by atoms with Crippen LogP contribution in [0.25, 0.3) is 0 Å². The lowest BCUT2D eigenvalue weighted by molar-refractivity contribution is 0.829. The normalized spacial score (nSPS) is 14.2. The highest BCUT2D eigenvalue weighted by molar-refractivity contribution is 5.29. The van der Waals surface area contributed by atoms with Crippen molar-refractivity contribution in [2.45, 2.75) is 20.8 Å². The summed E-state index contributed by atoms with van der Waals surface area (Å²) in [5.74, 6) is 0.530. The summed E-state index contributed by atoms with van der Waals surface area (Å²) in [7, 11) is 1.87. The van der Waals surface area contributed by atoms with Crippen LogP contribution in [0.5, 0.6) is 0 Å². The molecule has 0 saturated heterocycles. The topological polar surface area (TPSA) is 38.0 Å². The second-order valence-electron chi connectivity index (χ2n) is 3.22. The van der Waals surface area contributed by atoms with Crippen LogP contribution in [0.1, 0.15) is 20.8 Å². The number of nitrogens with one attached hydrogen (secondary N) is 1. The van der Waals surface area contributed by atoms with E-state index in [0.717, 1.165) is 11.4 Å². The zero-order valence-corrected chi connectivity index (χ0v) is 8.96. The van der Waals surface area contributed by atoms with Crippen LogP contribution in [0.3, 0.4) is 0 Å². The van der Waals surface area contributed by atoms with Gasteiger partial charge in [0.05, 0.1) is 11.4 Å². The van der Waals surface area contributed by atoms with Gasteiger partial charge < -0.3 is 11.1 Å². The number of allylic oxidation sites excluding steroid dienone is 4. The first-order chi connectivity index (χ1) is 6.11. The third-order valence-corrected chi connectivity index (χ3v) is 1.57.